The van der Waals surface area contributed by atoms with Gasteiger partial charge in [-0.15, -0.1) is 21.8 Å². The maximum Gasteiger partial charge on any atom is 0.251 e. The summed E-state index contributed by atoms with van der Waals surface area (Å²) in [5.74, 6) is 1.73. The van der Waals surface area contributed by atoms with Gasteiger partial charge in [0.15, 0.2) is 0 Å². The average Bonchev–Trinajstić information content (AvgIpc) is 2.85. The number of furan rings is 1. The molecule has 0 saturated carbocycles. The lowest BCUT2D eigenvalue weighted by Crippen LogP contribution is -1.82. The normalized spacial score (nSPS) is 13.0. The molecule has 0 aliphatic carbocycles. The Hall–Kier alpha value is -1.29. The molecule has 2 rings (SSSR count). The third-order valence-corrected chi connectivity index (χ3v) is 2.26. The van der Waals surface area contributed by atoms with Crippen LogP contribution in [0.1, 0.15) is 30.9 Å². The zero-order valence-corrected chi connectivity index (χ0v) is 9.28. The van der Waals surface area contributed by atoms with Crippen molar-refractivity contribution in [3.8, 4) is 11.5 Å². The molecule has 2 aromatic rings. The van der Waals surface area contributed by atoms with Crippen LogP contribution in [0.15, 0.2) is 21.2 Å². The summed E-state index contributed by atoms with van der Waals surface area (Å²) in [7, 11) is 0. The Kier molecular flexibility index (Phi) is 2.77. The number of aryl methyl sites for hydroxylation is 1. The number of hydrogen-bond acceptors (Lipinski definition) is 4. The van der Waals surface area contributed by atoms with Gasteiger partial charge in [-0.05, 0) is 13.0 Å². The summed E-state index contributed by atoms with van der Waals surface area (Å²) in [6.07, 6.45) is 2.40. The standard InChI is InChI=1S/C10H11ClN2O2/c1-3-8-7(4-5-14-8)10-13-12-9(15-10)6(2)11/h4-6H,3H2,1-2H3. The highest BCUT2D eigenvalue weighted by Gasteiger charge is 2.16. The molecule has 2 aromatic heterocycles. The van der Waals surface area contributed by atoms with Crippen LogP contribution >= 0.6 is 11.6 Å². The molecule has 1 unspecified atom stereocenters. The highest BCUT2D eigenvalue weighted by atomic mass is 35.5. The van der Waals surface area contributed by atoms with E-state index in [0.717, 1.165) is 17.7 Å². The Morgan fingerprint density at radius 1 is 1.47 bits per heavy atom. The minimum Gasteiger partial charge on any atom is -0.469 e. The van der Waals surface area contributed by atoms with Crippen molar-refractivity contribution >= 4 is 11.6 Å². The summed E-state index contributed by atoms with van der Waals surface area (Å²) < 4.78 is 10.7. The lowest BCUT2D eigenvalue weighted by atomic mass is 10.2. The van der Waals surface area contributed by atoms with Crippen molar-refractivity contribution in [3.63, 3.8) is 0 Å². The first-order valence-corrected chi connectivity index (χ1v) is 5.20. The van der Waals surface area contributed by atoms with E-state index < -0.39 is 0 Å². The summed E-state index contributed by atoms with van der Waals surface area (Å²) in [5, 5.41) is 7.51. The van der Waals surface area contributed by atoms with Crippen molar-refractivity contribution in [3.05, 3.63) is 24.0 Å². The fourth-order valence-corrected chi connectivity index (χ4v) is 1.40. The van der Waals surface area contributed by atoms with Crippen LogP contribution in [0, 0.1) is 0 Å². The highest BCUT2D eigenvalue weighted by molar-refractivity contribution is 6.20. The Balaban J connectivity index is 2.37. The van der Waals surface area contributed by atoms with Gasteiger partial charge in [0.2, 0.25) is 5.89 Å². The third-order valence-electron chi connectivity index (χ3n) is 2.08. The average molecular weight is 227 g/mol. The Morgan fingerprint density at radius 2 is 2.27 bits per heavy atom. The molecular weight excluding hydrogens is 216 g/mol. The van der Waals surface area contributed by atoms with Gasteiger partial charge < -0.3 is 8.83 Å². The molecule has 80 valence electrons. The predicted octanol–water partition coefficient (Wildman–Crippen LogP) is 3.19. The van der Waals surface area contributed by atoms with Crippen LogP contribution in [-0.2, 0) is 6.42 Å². The van der Waals surface area contributed by atoms with Gasteiger partial charge in [0, 0.05) is 6.42 Å². The molecule has 0 aromatic carbocycles. The molecule has 0 amide bonds. The molecule has 0 aliphatic rings. The van der Waals surface area contributed by atoms with E-state index in [4.69, 9.17) is 20.4 Å². The monoisotopic (exact) mass is 226 g/mol. The van der Waals surface area contributed by atoms with Crippen molar-refractivity contribution in [1.29, 1.82) is 0 Å². The number of aromatic nitrogens is 2. The van der Waals surface area contributed by atoms with Gasteiger partial charge in [0.1, 0.15) is 11.1 Å². The van der Waals surface area contributed by atoms with E-state index in [0.29, 0.717) is 11.8 Å². The quantitative estimate of drug-likeness (QED) is 0.755. The molecule has 0 fully saturated rings. The molecule has 0 bridgehead atoms. The van der Waals surface area contributed by atoms with E-state index in [2.05, 4.69) is 10.2 Å². The van der Waals surface area contributed by atoms with Crippen LogP contribution in [0.25, 0.3) is 11.5 Å². The molecule has 0 saturated heterocycles. The van der Waals surface area contributed by atoms with Gasteiger partial charge in [-0.3, -0.25) is 0 Å². The molecule has 0 radical (unpaired) electrons. The summed E-state index contributed by atoms with van der Waals surface area (Å²) in [6, 6.07) is 1.81. The second kappa shape index (κ2) is 4.06. The van der Waals surface area contributed by atoms with E-state index in [9.17, 15) is 0 Å². The SMILES string of the molecule is CCc1occc1-c1nnc(C(C)Cl)o1. The summed E-state index contributed by atoms with van der Waals surface area (Å²) in [5.41, 5.74) is 0.841. The van der Waals surface area contributed by atoms with Gasteiger partial charge in [-0.25, -0.2) is 0 Å². The molecular formula is C10H11ClN2O2. The largest absolute Gasteiger partial charge is 0.469 e. The number of alkyl halides is 1. The zero-order valence-electron chi connectivity index (χ0n) is 8.53. The fraction of sp³-hybridized carbons (Fsp3) is 0.400. The van der Waals surface area contributed by atoms with Crippen LogP contribution in [0.4, 0.5) is 0 Å². The number of rotatable bonds is 3. The van der Waals surface area contributed by atoms with E-state index in [1.165, 1.54) is 0 Å². The lowest BCUT2D eigenvalue weighted by Gasteiger charge is -1.94. The second-order valence-electron chi connectivity index (χ2n) is 3.17. The zero-order chi connectivity index (χ0) is 10.8. The van der Waals surface area contributed by atoms with Crippen LogP contribution in [0.5, 0.6) is 0 Å². The molecule has 0 aliphatic heterocycles. The molecule has 1 atom stereocenters. The van der Waals surface area contributed by atoms with Crippen molar-refractivity contribution in [2.75, 3.05) is 0 Å². The fourth-order valence-electron chi connectivity index (χ4n) is 1.31. The van der Waals surface area contributed by atoms with E-state index in [1.54, 1.807) is 13.2 Å². The predicted molar refractivity (Wildman–Crippen MR) is 55.6 cm³/mol. The first-order valence-electron chi connectivity index (χ1n) is 4.76. The second-order valence-corrected chi connectivity index (χ2v) is 3.83. The molecule has 15 heavy (non-hydrogen) atoms. The number of nitrogens with zero attached hydrogens (tertiary/aromatic N) is 2. The van der Waals surface area contributed by atoms with Crippen molar-refractivity contribution < 1.29 is 8.83 Å². The van der Waals surface area contributed by atoms with Crippen LogP contribution in [-0.4, -0.2) is 10.2 Å². The Labute approximate surface area is 92.2 Å². The summed E-state index contributed by atoms with van der Waals surface area (Å²) in [6.45, 7) is 3.79. The van der Waals surface area contributed by atoms with Crippen LogP contribution < -0.4 is 0 Å². The molecule has 5 heteroatoms. The van der Waals surface area contributed by atoms with Crippen LogP contribution in [0.2, 0.25) is 0 Å². The van der Waals surface area contributed by atoms with E-state index in [-0.39, 0.29) is 5.38 Å². The molecule has 4 nitrogen and oxygen atoms in total. The van der Waals surface area contributed by atoms with Gasteiger partial charge in [-0.2, -0.15) is 0 Å². The summed E-state index contributed by atoms with van der Waals surface area (Å²) in [4.78, 5) is 0. The smallest absolute Gasteiger partial charge is 0.251 e. The Bertz CT molecular complexity index is 448. The van der Waals surface area contributed by atoms with Gasteiger partial charge in [0.25, 0.3) is 5.89 Å². The minimum atomic E-state index is -0.275. The lowest BCUT2D eigenvalue weighted by molar-refractivity contribution is 0.496. The van der Waals surface area contributed by atoms with E-state index in [1.807, 2.05) is 13.0 Å². The summed E-state index contributed by atoms with van der Waals surface area (Å²) >= 11 is 5.83. The van der Waals surface area contributed by atoms with Gasteiger partial charge >= 0.3 is 0 Å². The molecule has 0 spiro atoms. The van der Waals surface area contributed by atoms with E-state index >= 15 is 0 Å². The maximum atomic E-state index is 5.83. The van der Waals surface area contributed by atoms with Gasteiger partial charge in [0.05, 0.1) is 11.8 Å². The highest BCUT2D eigenvalue weighted by Crippen LogP contribution is 2.26. The molecule has 0 N–H and O–H groups in total. The molecule has 2 heterocycles. The van der Waals surface area contributed by atoms with Crippen molar-refractivity contribution in [2.45, 2.75) is 25.6 Å². The number of hydrogen-bond donors (Lipinski definition) is 0. The maximum absolute atomic E-state index is 5.83. The first-order chi connectivity index (χ1) is 7.22. The number of halogens is 1. The van der Waals surface area contributed by atoms with Gasteiger partial charge in [-0.1, -0.05) is 6.92 Å². The van der Waals surface area contributed by atoms with Crippen molar-refractivity contribution in [2.24, 2.45) is 0 Å². The van der Waals surface area contributed by atoms with Crippen LogP contribution in [0.3, 0.4) is 0 Å². The Morgan fingerprint density at radius 3 is 2.87 bits per heavy atom. The topological polar surface area (TPSA) is 52.1 Å². The third kappa shape index (κ3) is 1.90. The first kappa shape index (κ1) is 10.2. The minimum absolute atomic E-state index is 0.275. The van der Waals surface area contributed by atoms with Crippen molar-refractivity contribution in [1.82, 2.24) is 10.2 Å².